The summed E-state index contributed by atoms with van der Waals surface area (Å²) in [5.41, 5.74) is 3.87. The van der Waals surface area contributed by atoms with Gasteiger partial charge in [0.2, 0.25) is 5.79 Å². The number of ether oxygens (including phenoxy) is 10. The van der Waals surface area contributed by atoms with E-state index in [4.69, 9.17) is 47.4 Å². The van der Waals surface area contributed by atoms with E-state index < -0.39 is 66.6 Å². The highest BCUT2D eigenvalue weighted by molar-refractivity contribution is 5.65. The minimum atomic E-state index is -1.70. The van der Waals surface area contributed by atoms with Gasteiger partial charge in [-0.15, -0.1) is 0 Å². The lowest BCUT2D eigenvalue weighted by molar-refractivity contribution is -0.379. The van der Waals surface area contributed by atoms with E-state index in [0.717, 1.165) is 22.3 Å². The highest BCUT2D eigenvalue weighted by atomic mass is 16.9. The van der Waals surface area contributed by atoms with Crippen LogP contribution in [0, 0.1) is 0 Å². The third-order valence-corrected chi connectivity index (χ3v) is 10.1. The lowest BCUT2D eigenvalue weighted by atomic mass is 9.90. The summed E-state index contributed by atoms with van der Waals surface area (Å²) in [6, 6.07) is 39.6. The summed E-state index contributed by atoms with van der Waals surface area (Å²) in [6.07, 6.45) is -4.78. The molecule has 0 spiro atoms. The van der Waals surface area contributed by atoms with Gasteiger partial charge >= 0.3 is 5.97 Å². The highest BCUT2D eigenvalue weighted by Crippen LogP contribution is 2.45. The number of hydrogen-bond donors (Lipinski definition) is 0. The standard InChI is InChI=1S/C46H52O11/c1-5-46(56-40-37(31-49-32(2)47)53-44-42(40)55-45(3,4)57-44)43(52-29-36-24-16-9-17-25-36)41(51-28-35-22-14-8-15-23-35)39(50-27-34-20-12-7-13-21-34)38(54-46)30-48-26-33-18-10-6-11-19-33/h5-25,37-44H,1,26-31H2,2-4H3/t37-,38?,39+,40-,41-,42?,43?,44-,46-/m1/s1. The Morgan fingerprint density at radius 1 is 0.632 bits per heavy atom. The van der Waals surface area contributed by atoms with Crippen molar-refractivity contribution in [2.45, 2.75) is 108 Å². The van der Waals surface area contributed by atoms with Crippen LogP contribution in [-0.2, 0) is 78.6 Å². The van der Waals surface area contributed by atoms with E-state index in [1.807, 2.05) is 121 Å². The van der Waals surface area contributed by atoms with E-state index in [1.165, 1.54) is 6.92 Å². The van der Waals surface area contributed by atoms with Crippen molar-refractivity contribution in [3.63, 3.8) is 0 Å². The fourth-order valence-corrected chi connectivity index (χ4v) is 7.41. The van der Waals surface area contributed by atoms with Crippen molar-refractivity contribution >= 4 is 5.97 Å². The van der Waals surface area contributed by atoms with Crippen LogP contribution in [0.5, 0.6) is 0 Å². The molecule has 0 aromatic heterocycles. The predicted molar refractivity (Wildman–Crippen MR) is 209 cm³/mol. The molecule has 3 aliphatic heterocycles. The molecule has 57 heavy (non-hydrogen) atoms. The molecule has 11 heteroatoms. The van der Waals surface area contributed by atoms with E-state index in [0.29, 0.717) is 6.61 Å². The van der Waals surface area contributed by atoms with Crippen LogP contribution in [0.15, 0.2) is 134 Å². The van der Waals surface area contributed by atoms with Gasteiger partial charge in [-0.25, -0.2) is 0 Å². The first-order valence-electron chi connectivity index (χ1n) is 19.4. The van der Waals surface area contributed by atoms with Gasteiger partial charge in [0.05, 0.1) is 33.0 Å². The van der Waals surface area contributed by atoms with E-state index in [-0.39, 0.29) is 33.0 Å². The van der Waals surface area contributed by atoms with Crippen LogP contribution < -0.4 is 0 Å². The maximum atomic E-state index is 12.0. The third-order valence-electron chi connectivity index (χ3n) is 10.1. The van der Waals surface area contributed by atoms with Crippen molar-refractivity contribution in [3.8, 4) is 0 Å². The molecule has 9 atom stereocenters. The Balaban J connectivity index is 1.28. The van der Waals surface area contributed by atoms with E-state index >= 15 is 0 Å². The molecule has 3 unspecified atom stereocenters. The van der Waals surface area contributed by atoms with Gasteiger partial charge in [0.1, 0.15) is 49.3 Å². The molecular weight excluding hydrogens is 728 g/mol. The Morgan fingerprint density at radius 3 is 1.67 bits per heavy atom. The van der Waals surface area contributed by atoms with Gasteiger partial charge < -0.3 is 47.4 Å². The average Bonchev–Trinajstić information content (AvgIpc) is 3.70. The SMILES string of the molecule is C=C[C@]1(O[C@H]2C3OC(C)(C)O[C@H]3O[C@@H]2COC(C)=O)OC(COCc2ccccc2)[C@H](OCc2ccccc2)[C@@H](OCc2ccccc2)C1OCc1ccccc1. The number of carbonyl (C=O) groups excluding carboxylic acids is 1. The topological polar surface area (TPSA) is 109 Å². The monoisotopic (exact) mass is 780 g/mol. The smallest absolute Gasteiger partial charge is 0.302 e. The van der Waals surface area contributed by atoms with Gasteiger partial charge in [-0.05, 0) is 42.2 Å². The van der Waals surface area contributed by atoms with E-state index in [2.05, 4.69) is 6.58 Å². The second kappa shape index (κ2) is 19.0. The molecule has 0 aliphatic carbocycles. The summed E-state index contributed by atoms with van der Waals surface area (Å²) in [4.78, 5) is 12.0. The van der Waals surface area contributed by atoms with Crippen LogP contribution in [0.2, 0.25) is 0 Å². The summed E-state index contributed by atoms with van der Waals surface area (Å²) in [7, 11) is 0. The molecule has 7 rings (SSSR count). The number of carbonyl (C=O) groups is 1. The second-order valence-electron chi connectivity index (χ2n) is 14.9. The molecule has 4 aromatic carbocycles. The zero-order valence-electron chi connectivity index (χ0n) is 32.7. The van der Waals surface area contributed by atoms with E-state index in [1.54, 1.807) is 19.9 Å². The summed E-state index contributed by atoms with van der Waals surface area (Å²) >= 11 is 0. The molecule has 0 saturated carbocycles. The third kappa shape index (κ3) is 10.4. The maximum Gasteiger partial charge on any atom is 0.302 e. The lowest BCUT2D eigenvalue weighted by Crippen LogP contribution is -2.68. The van der Waals surface area contributed by atoms with Gasteiger partial charge in [0.25, 0.3) is 0 Å². The first-order valence-corrected chi connectivity index (χ1v) is 19.4. The Labute approximate surface area is 334 Å². The van der Waals surface area contributed by atoms with Gasteiger partial charge in [-0.2, -0.15) is 0 Å². The summed E-state index contributed by atoms with van der Waals surface area (Å²) in [5.74, 6) is -3.12. The Morgan fingerprint density at radius 2 is 1.14 bits per heavy atom. The van der Waals surface area contributed by atoms with Crippen LogP contribution in [0.4, 0.5) is 0 Å². The number of hydrogen-bond acceptors (Lipinski definition) is 11. The van der Waals surface area contributed by atoms with Gasteiger partial charge in [-0.3, -0.25) is 4.79 Å². The largest absolute Gasteiger partial charge is 0.463 e. The predicted octanol–water partition coefficient (Wildman–Crippen LogP) is 7.07. The van der Waals surface area contributed by atoms with Crippen LogP contribution in [0.25, 0.3) is 0 Å². The molecular formula is C46H52O11. The first-order chi connectivity index (χ1) is 27.7. The Bertz CT molecular complexity index is 1840. The molecule has 3 saturated heterocycles. The minimum absolute atomic E-state index is 0.108. The van der Waals surface area contributed by atoms with Gasteiger partial charge in [0.15, 0.2) is 12.1 Å². The Kier molecular flexibility index (Phi) is 13.6. The molecule has 0 bridgehead atoms. The number of benzene rings is 4. The van der Waals surface area contributed by atoms with Crippen molar-refractivity contribution in [2.75, 3.05) is 13.2 Å². The van der Waals surface area contributed by atoms with Crippen LogP contribution in [0.3, 0.4) is 0 Å². The van der Waals surface area contributed by atoms with E-state index in [9.17, 15) is 4.79 Å². The second-order valence-corrected chi connectivity index (χ2v) is 14.9. The zero-order chi connectivity index (χ0) is 39.7. The van der Waals surface area contributed by atoms with Gasteiger partial charge in [-0.1, -0.05) is 128 Å². The van der Waals surface area contributed by atoms with Crippen molar-refractivity contribution in [1.82, 2.24) is 0 Å². The molecule has 3 fully saturated rings. The molecule has 3 heterocycles. The van der Waals surface area contributed by atoms with Crippen LogP contribution in [0.1, 0.15) is 43.0 Å². The normalized spacial score (nSPS) is 29.1. The summed E-state index contributed by atoms with van der Waals surface area (Å²) in [6.45, 7) is 10.3. The van der Waals surface area contributed by atoms with Crippen molar-refractivity contribution in [2.24, 2.45) is 0 Å². The fourth-order valence-electron chi connectivity index (χ4n) is 7.41. The van der Waals surface area contributed by atoms with Gasteiger partial charge in [0, 0.05) is 6.92 Å². The molecule has 11 nitrogen and oxygen atoms in total. The van der Waals surface area contributed by atoms with Crippen molar-refractivity contribution < 1.29 is 52.2 Å². The number of rotatable bonds is 18. The number of fused-ring (bicyclic) bond motifs is 1. The summed E-state index contributed by atoms with van der Waals surface area (Å²) in [5, 5.41) is 0. The molecule has 4 aromatic rings. The highest BCUT2D eigenvalue weighted by Gasteiger charge is 2.62. The quantitative estimate of drug-likeness (QED) is 0.0765. The first kappa shape index (κ1) is 40.9. The molecule has 302 valence electrons. The lowest BCUT2D eigenvalue weighted by Gasteiger charge is -2.52. The number of esters is 1. The van der Waals surface area contributed by atoms with Crippen molar-refractivity contribution in [1.29, 1.82) is 0 Å². The van der Waals surface area contributed by atoms with Crippen LogP contribution in [-0.4, -0.2) is 79.8 Å². The zero-order valence-corrected chi connectivity index (χ0v) is 32.7. The molecule has 0 amide bonds. The summed E-state index contributed by atoms with van der Waals surface area (Å²) < 4.78 is 65.6. The molecule has 0 radical (unpaired) electrons. The average molecular weight is 781 g/mol. The molecule has 3 aliphatic rings. The fraction of sp³-hybridized carbons (Fsp3) is 0.413. The maximum absolute atomic E-state index is 12.0. The van der Waals surface area contributed by atoms with Crippen LogP contribution >= 0.6 is 0 Å². The minimum Gasteiger partial charge on any atom is -0.463 e. The van der Waals surface area contributed by atoms with Crippen molar-refractivity contribution in [3.05, 3.63) is 156 Å². The Hall–Kier alpha value is -4.27. The molecule has 0 N–H and O–H groups in total.